The maximum absolute atomic E-state index is 12.2. The summed E-state index contributed by atoms with van der Waals surface area (Å²) in [5.74, 6) is 0.646. The third kappa shape index (κ3) is 3.25. The van der Waals surface area contributed by atoms with E-state index in [0.717, 1.165) is 5.69 Å². The summed E-state index contributed by atoms with van der Waals surface area (Å²) >= 11 is 0. The van der Waals surface area contributed by atoms with Gasteiger partial charge in [0.25, 0.3) is 0 Å². The molecule has 2 atom stereocenters. The minimum Gasteiger partial charge on any atom is -0.371 e. The van der Waals surface area contributed by atoms with Crippen molar-refractivity contribution in [1.82, 2.24) is 20.4 Å². The molecule has 0 unspecified atom stereocenters. The fraction of sp³-hybridized carbons (Fsp3) is 0.643. The molecule has 0 spiro atoms. The van der Waals surface area contributed by atoms with E-state index in [1.165, 1.54) is 12.8 Å². The molecular formula is C14H20N4O2. The lowest BCUT2D eigenvalue weighted by molar-refractivity contribution is -0.0731. The Morgan fingerprint density at radius 1 is 1.50 bits per heavy atom. The molecule has 0 aromatic carbocycles. The lowest BCUT2D eigenvalue weighted by atomic mass is 10.1. The SMILES string of the molecule is C[C@@H]1CN(C(=O)NCc2cccnn2)C[C@H](C2CC2)O1. The highest BCUT2D eigenvalue weighted by Crippen LogP contribution is 2.36. The fourth-order valence-electron chi connectivity index (χ4n) is 2.59. The smallest absolute Gasteiger partial charge is 0.317 e. The number of nitrogens with one attached hydrogen (secondary N) is 1. The molecule has 1 N–H and O–H groups in total. The number of urea groups is 1. The first kappa shape index (κ1) is 13.3. The van der Waals surface area contributed by atoms with Crippen LogP contribution in [0.15, 0.2) is 18.3 Å². The van der Waals surface area contributed by atoms with Crippen LogP contribution in [0.5, 0.6) is 0 Å². The standard InChI is InChI=1S/C14H20N4O2/c1-10-8-18(9-13(20-10)11-4-5-11)14(19)15-7-12-3-2-6-16-17-12/h2-3,6,10-11,13H,4-5,7-9H2,1H3,(H,15,19)/t10-,13-/m1/s1. The molecule has 2 fully saturated rings. The molecule has 2 amide bonds. The van der Waals surface area contributed by atoms with Crippen molar-refractivity contribution in [2.24, 2.45) is 5.92 Å². The van der Waals surface area contributed by atoms with Gasteiger partial charge in [-0.05, 0) is 37.8 Å². The van der Waals surface area contributed by atoms with Gasteiger partial charge < -0.3 is 15.0 Å². The molecule has 0 bridgehead atoms. The van der Waals surface area contributed by atoms with Crippen molar-refractivity contribution < 1.29 is 9.53 Å². The molecular weight excluding hydrogens is 256 g/mol. The summed E-state index contributed by atoms with van der Waals surface area (Å²) in [7, 11) is 0. The summed E-state index contributed by atoms with van der Waals surface area (Å²) < 4.78 is 5.91. The van der Waals surface area contributed by atoms with Crippen molar-refractivity contribution in [3.63, 3.8) is 0 Å². The maximum Gasteiger partial charge on any atom is 0.317 e. The van der Waals surface area contributed by atoms with E-state index >= 15 is 0 Å². The number of nitrogens with zero attached hydrogens (tertiary/aromatic N) is 3. The third-order valence-corrected chi connectivity index (χ3v) is 3.77. The van der Waals surface area contributed by atoms with Crippen LogP contribution in [-0.4, -0.2) is 46.4 Å². The Kier molecular flexibility index (Phi) is 3.82. The molecule has 6 heteroatoms. The minimum absolute atomic E-state index is 0.0450. The van der Waals surface area contributed by atoms with Gasteiger partial charge in [0.05, 0.1) is 24.4 Å². The van der Waals surface area contributed by atoms with E-state index in [1.54, 1.807) is 6.20 Å². The Balaban J connectivity index is 1.53. The topological polar surface area (TPSA) is 67.4 Å². The van der Waals surface area contributed by atoms with Gasteiger partial charge >= 0.3 is 6.03 Å². The lowest BCUT2D eigenvalue weighted by Crippen LogP contribution is -2.52. The number of amides is 2. The second kappa shape index (κ2) is 5.75. The molecule has 1 aliphatic heterocycles. The molecule has 20 heavy (non-hydrogen) atoms. The third-order valence-electron chi connectivity index (χ3n) is 3.77. The average molecular weight is 276 g/mol. The molecule has 1 aromatic rings. The fourth-order valence-corrected chi connectivity index (χ4v) is 2.59. The zero-order valence-electron chi connectivity index (χ0n) is 11.7. The van der Waals surface area contributed by atoms with E-state index < -0.39 is 0 Å². The Morgan fingerprint density at radius 2 is 2.35 bits per heavy atom. The molecule has 1 saturated heterocycles. The molecule has 2 aliphatic rings. The van der Waals surface area contributed by atoms with Crippen molar-refractivity contribution in [3.8, 4) is 0 Å². The molecule has 108 valence electrons. The number of ether oxygens (including phenoxy) is 1. The number of rotatable bonds is 3. The average Bonchev–Trinajstić information content (AvgIpc) is 3.30. The van der Waals surface area contributed by atoms with Crippen LogP contribution in [0.1, 0.15) is 25.5 Å². The molecule has 1 aliphatic carbocycles. The van der Waals surface area contributed by atoms with Crippen LogP contribution in [0.25, 0.3) is 0 Å². The van der Waals surface area contributed by atoms with Crippen LogP contribution in [0.2, 0.25) is 0 Å². The van der Waals surface area contributed by atoms with Gasteiger partial charge in [0, 0.05) is 19.3 Å². The predicted octanol–water partition coefficient (Wildman–Crippen LogP) is 1.19. The Bertz CT molecular complexity index is 464. The maximum atomic E-state index is 12.2. The molecule has 1 saturated carbocycles. The first-order chi connectivity index (χ1) is 9.72. The second-order valence-corrected chi connectivity index (χ2v) is 5.60. The molecule has 2 heterocycles. The minimum atomic E-state index is -0.0450. The number of hydrogen-bond donors (Lipinski definition) is 1. The molecule has 6 nitrogen and oxygen atoms in total. The van der Waals surface area contributed by atoms with Crippen molar-refractivity contribution in [3.05, 3.63) is 24.0 Å². The largest absolute Gasteiger partial charge is 0.371 e. The Labute approximate surface area is 118 Å². The van der Waals surface area contributed by atoms with Gasteiger partial charge in [-0.25, -0.2) is 4.79 Å². The highest BCUT2D eigenvalue weighted by atomic mass is 16.5. The van der Waals surface area contributed by atoms with E-state index in [0.29, 0.717) is 25.6 Å². The van der Waals surface area contributed by atoms with E-state index in [9.17, 15) is 4.79 Å². The van der Waals surface area contributed by atoms with E-state index in [2.05, 4.69) is 15.5 Å². The highest BCUT2D eigenvalue weighted by Gasteiger charge is 2.38. The number of carbonyl (C=O) groups is 1. The molecule has 0 radical (unpaired) electrons. The first-order valence-electron chi connectivity index (χ1n) is 7.17. The number of aromatic nitrogens is 2. The predicted molar refractivity (Wildman–Crippen MR) is 72.9 cm³/mol. The lowest BCUT2D eigenvalue weighted by Gasteiger charge is -2.37. The van der Waals surface area contributed by atoms with Gasteiger partial charge in [-0.1, -0.05) is 0 Å². The van der Waals surface area contributed by atoms with Gasteiger partial charge in [-0.15, -0.1) is 0 Å². The van der Waals surface area contributed by atoms with Crippen LogP contribution >= 0.6 is 0 Å². The van der Waals surface area contributed by atoms with Gasteiger partial charge in [-0.3, -0.25) is 0 Å². The van der Waals surface area contributed by atoms with Crippen molar-refractivity contribution in [2.45, 2.75) is 38.5 Å². The highest BCUT2D eigenvalue weighted by molar-refractivity contribution is 5.74. The summed E-state index contributed by atoms with van der Waals surface area (Å²) in [4.78, 5) is 14.1. The van der Waals surface area contributed by atoms with Crippen molar-refractivity contribution >= 4 is 6.03 Å². The van der Waals surface area contributed by atoms with Crippen LogP contribution < -0.4 is 5.32 Å². The molecule has 3 rings (SSSR count). The first-order valence-corrected chi connectivity index (χ1v) is 7.17. The summed E-state index contributed by atoms with van der Waals surface area (Å²) in [6.07, 6.45) is 4.39. The van der Waals surface area contributed by atoms with Crippen LogP contribution in [-0.2, 0) is 11.3 Å². The van der Waals surface area contributed by atoms with Crippen LogP contribution in [0.4, 0.5) is 4.79 Å². The summed E-state index contributed by atoms with van der Waals surface area (Å²) in [6, 6.07) is 3.62. The normalized spacial score (nSPS) is 26.4. The van der Waals surface area contributed by atoms with Crippen LogP contribution in [0, 0.1) is 5.92 Å². The summed E-state index contributed by atoms with van der Waals surface area (Å²) in [6.45, 7) is 3.78. The van der Waals surface area contributed by atoms with Gasteiger partial charge in [0.1, 0.15) is 0 Å². The van der Waals surface area contributed by atoms with Gasteiger partial charge in [0.15, 0.2) is 0 Å². The van der Waals surface area contributed by atoms with E-state index in [4.69, 9.17) is 4.74 Å². The summed E-state index contributed by atoms with van der Waals surface area (Å²) in [5, 5.41) is 10.6. The van der Waals surface area contributed by atoms with Crippen molar-refractivity contribution in [1.29, 1.82) is 0 Å². The van der Waals surface area contributed by atoms with Gasteiger partial charge in [-0.2, -0.15) is 10.2 Å². The number of hydrogen-bond acceptors (Lipinski definition) is 4. The monoisotopic (exact) mass is 276 g/mol. The van der Waals surface area contributed by atoms with Crippen molar-refractivity contribution in [2.75, 3.05) is 13.1 Å². The zero-order valence-corrected chi connectivity index (χ0v) is 11.7. The Hall–Kier alpha value is -1.69. The summed E-state index contributed by atoms with van der Waals surface area (Å²) in [5.41, 5.74) is 0.765. The number of carbonyl (C=O) groups excluding carboxylic acids is 1. The van der Waals surface area contributed by atoms with E-state index in [1.807, 2.05) is 24.0 Å². The zero-order chi connectivity index (χ0) is 13.9. The molecule has 1 aromatic heterocycles. The second-order valence-electron chi connectivity index (χ2n) is 5.60. The number of morpholine rings is 1. The quantitative estimate of drug-likeness (QED) is 0.900. The Morgan fingerprint density at radius 3 is 3.05 bits per heavy atom. The van der Waals surface area contributed by atoms with Gasteiger partial charge in [0.2, 0.25) is 0 Å². The van der Waals surface area contributed by atoms with E-state index in [-0.39, 0.29) is 18.2 Å². The van der Waals surface area contributed by atoms with Crippen LogP contribution in [0.3, 0.4) is 0 Å².